The number of anilines is 1. The van der Waals surface area contributed by atoms with Crippen LogP contribution in [-0.4, -0.2) is 26.5 Å². The zero-order chi connectivity index (χ0) is 23.8. The van der Waals surface area contributed by atoms with E-state index >= 15 is 0 Å². The second-order valence-electron chi connectivity index (χ2n) is 8.60. The van der Waals surface area contributed by atoms with E-state index in [1.165, 1.54) is 30.3 Å². The van der Waals surface area contributed by atoms with Crippen LogP contribution in [0, 0.1) is 12.7 Å². The second kappa shape index (κ2) is 9.87. The Kier molecular flexibility index (Phi) is 6.86. The molecule has 2 heterocycles. The van der Waals surface area contributed by atoms with Gasteiger partial charge in [0.05, 0.1) is 22.7 Å². The zero-order valence-corrected chi connectivity index (χ0v) is 21.7. The van der Waals surface area contributed by atoms with Crippen LogP contribution in [0.25, 0.3) is 5.69 Å². The Hall–Kier alpha value is -2.10. The van der Waals surface area contributed by atoms with Crippen LogP contribution >= 0.6 is 39.5 Å². The molecule has 1 aliphatic carbocycles. The highest BCUT2D eigenvalue weighted by atomic mass is 79.9. The van der Waals surface area contributed by atoms with Gasteiger partial charge in [0.1, 0.15) is 10.8 Å². The van der Waals surface area contributed by atoms with Crippen molar-refractivity contribution in [2.24, 2.45) is 0 Å². The van der Waals surface area contributed by atoms with Crippen molar-refractivity contribution < 1.29 is 9.18 Å². The van der Waals surface area contributed by atoms with Gasteiger partial charge in [0, 0.05) is 15.6 Å². The molecular weight excluding hydrogens is 537 g/mol. The number of rotatable bonds is 5. The number of thioether (sulfide) groups is 2. The molecular formula is C25H23BrFN3O2S2. The molecule has 1 saturated carbocycles. The molecule has 1 N–H and O–H groups in total. The molecule has 0 radical (unpaired) electrons. The van der Waals surface area contributed by atoms with Gasteiger partial charge in [-0.05, 0) is 55.7 Å². The number of hydrogen-bond acceptors (Lipinski definition) is 5. The number of benzene rings is 2. The lowest BCUT2D eigenvalue weighted by molar-refractivity contribution is -0.113. The summed E-state index contributed by atoms with van der Waals surface area (Å²) in [5.74, 6) is -0.631. The minimum absolute atomic E-state index is 0.00404. The smallest absolute Gasteiger partial charge is 0.263 e. The highest BCUT2D eigenvalue weighted by molar-refractivity contribution is 9.10. The SMILES string of the molecule is Cc1cccc(-n2c(SCC(=O)Nc3ccc(Br)cc3F)nc3c(c2=O)[C@@H]2CCCC[C@@H]2S3)c1. The summed E-state index contributed by atoms with van der Waals surface area (Å²) in [4.78, 5) is 31.3. The van der Waals surface area contributed by atoms with Crippen LogP contribution in [0.2, 0.25) is 0 Å². The van der Waals surface area contributed by atoms with E-state index < -0.39 is 5.82 Å². The first kappa shape index (κ1) is 23.6. The number of hydrogen-bond donors (Lipinski definition) is 1. The Labute approximate surface area is 214 Å². The molecule has 2 aliphatic rings. The van der Waals surface area contributed by atoms with Crippen LogP contribution in [0.3, 0.4) is 0 Å². The summed E-state index contributed by atoms with van der Waals surface area (Å²) in [6, 6.07) is 12.2. The number of amides is 1. The summed E-state index contributed by atoms with van der Waals surface area (Å²) in [5, 5.41) is 4.29. The van der Waals surface area contributed by atoms with Crippen LogP contribution < -0.4 is 10.9 Å². The molecule has 1 amide bonds. The number of aromatic nitrogens is 2. The van der Waals surface area contributed by atoms with Gasteiger partial charge in [-0.15, -0.1) is 11.8 Å². The van der Waals surface area contributed by atoms with Crippen molar-refractivity contribution in [3.05, 3.63) is 74.2 Å². The molecule has 176 valence electrons. The first-order valence-electron chi connectivity index (χ1n) is 11.2. The molecule has 0 saturated heterocycles. The number of nitrogens with one attached hydrogen (secondary N) is 1. The predicted molar refractivity (Wildman–Crippen MR) is 139 cm³/mol. The van der Waals surface area contributed by atoms with Gasteiger partial charge in [0.2, 0.25) is 5.91 Å². The van der Waals surface area contributed by atoms with Gasteiger partial charge in [-0.2, -0.15) is 0 Å². The summed E-state index contributed by atoms with van der Waals surface area (Å²) >= 11 is 6.11. The molecule has 1 aliphatic heterocycles. The van der Waals surface area contributed by atoms with E-state index in [2.05, 4.69) is 21.2 Å². The zero-order valence-electron chi connectivity index (χ0n) is 18.5. The van der Waals surface area contributed by atoms with E-state index in [1.807, 2.05) is 31.2 Å². The molecule has 0 bridgehead atoms. The maximum Gasteiger partial charge on any atom is 0.263 e. The van der Waals surface area contributed by atoms with Crippen molar-refractivity contribution in [3.63, 3.8) is 0 Å². The van der Waals surface area contributed by atoms with Crippen molar-refractivity contribution in [2.75, 3.05) is 11.1 Å². The third-order valence-electron chi connectivity index (χ3n) is 6.19. The number of carbonyl (C=O) groups excluding carboxylic acids is 1. The Balaban J connectivity index is 1.47. The molecule has 3 aromatic rings. The number of aryl methyl sites for hydroxylation is 1. The molecule has 9 heteroatoms. The number of halogens is 2. The van der Waals surface area contributed by atoms with E-state index in [0.29, 0.717) is 14.9 Å². The Bertz CT molecular complexity index is 1330. The van der Waals surface area contributed by atoms with Gasteiger partial charge < -0.3 is 5.32 Å². The van der Waals surface area contributed by atoms with Crippen LogP contribution in [0.4, 0.5) is 10.1 Å². The first-order valence-corrected chi connectivity index (χ1v) is 13.8. The molecule has 1 fully saturated rings. The van der Waals surface area contributed by atoms with Gasteiger partial charge in [0.15, 0.2) is 5.16 Å². The quantitative estimate of drug-likeness (QED) is 0.225. The topological polar surface area (TPSA) is 64.0 Å². The van der Waals surface area contributed by atoms with Crippen molar-refractivity contribution in [1.29, 1.82) is 0 Å². The molecule has 0 unspecified atom stereocenters. The van der Waals surface area contributed by atoms with Gasteiger partial charge in [-0.3, -0.25) is 14.2 Å². The lowest BCUT2D eigenvalue weighted by Gasteiger charge is -2.24. The molecule has 0 spiro atoms. The lowest BCUT2D eigenvalue weighted by Crippen LogP contribution is -2.29. The van der Waals surface area contributed by atoms with E-state index in [9.17, 15) is 14.0 Å². The van der Waals surface area contributed by atoms with E-state index in [4.69, 9.17) is 4.98 Å². The second-order valence-corrected chi connectivity index (χ2v) is 11.7. The van der Waals surface area contributed by atoms with Gasteiger partial charge in [-0.25, -0.2) is 9.37 Å². The standard InChI is InChI=1S/C25H23BrFN3O2S2/c1-14-5-4-6-16(11-14)30-24(32)22-17-7-2-3-8-20(17)34-23(22)29-25(30)33-13-21(31)28-19-10-9-15(26)12-18(19)27/h4-6,9-12,17,20H,2-3,7-8,13H2,1H3,(H,28,31)/t17-,20+/m1/s1. The lowest BCUT2D eigenvalue weighted by atomic mass is 9.85. The van der Waals surface area contributed by atoms with Crippen molar-refractivity contribution >= 4 is 51.0 Å². The minimum Gasteiger partial charge on any atom is -0.323 e. The van der Waals surface area contributed by atoms with Crippen LogP contribution in [-0.2, 0) is 4.79 Å². The fourth-order valence-corrected chi connectivity index (χ4v) is 7.32. The van der Waals surface area contributed by atoms with E-state index in [-0.39, 0.29) is 28.8 Å². The van der Waals surface area contributed by atoms with Crippen LogP contribution in [0.1, 0.15) is 42.7 Å². The van der Waals surface area contributed by atoms with Crippen molar-refractivity contribution in [3.8, 4) is 5.69 Å². The van der Waals surface area contributed by atoms with Gasteiger partial charge in [0.25, 0.3) is 5.56 Å². The van der Waals surface area contributed by atoms with Gasteiger partial charge in [-0.1, -0.05) is 52.7 Å². The number of carbonyl (C=O) groups is 1. The summed E-state index contributed by atoms with van der Waals surface area (Å²) in [6.07, 6.45) is 4.43. The summed E-state index contributed by atoms with van der Waals surface area (Å²) < 4.78 is 16.4. The summed E-state index contributed by atoms with van der Waals surface area (Å²) in [7, 11) is 0. The van der Waals surface area contributed by atoms with E-state index in [0.717, 1.165) is 41.1 Å². The molecule has 2 aromatic carbocycles. The molecule has 34 heavy (non-hydrogen) atoms. The molecule has 5 rings (SSSR count). The largest absolute Gasteiger partial charge is 0.323 e. The molecule has 2 atom stereocenters. The average molecular weight is 561 g/mol. The van der Waals surface area contributed by atoms with Crippen LogP contribution in [0.15, 0.2) is 61.9 Å². The molecule has 5 nitrogen and oxygen atoms in total. The van der Waals surface area contributed by atoms with Crippen molar-refractivity contribution in [1.82, 2.24) is 9.55 Å². The van der Waals surface area contributed by atoms with Crippen molar-refractivity contribution in [2.45, 2.75) is 54.0 Å². The summed E-state index contributed by atoms with van der Waals surface area (Å²) in [5.41, 5.74) is 2.67. The maximum absolute atomic E-state index is 14.1. The third-order valence-corrected chi connectivity index (χ3v) is 9.02. The third kappa shape index (κ3) is 4.70. The fourth-order valence-electron chi connectivity index (χ4n) is 4.61. The Morgan fingerprint density at radius 3 is 2.88 bits per heavy atom. The fraction of sp³-hybridized carbons (Fsp3) is 0.320. The highest BCUT2D eigenvalue weighted by Crippen LogP contribution is 2.50. The first-order chi connectivity index (χ1) is 16.4. The normalized spacial score (nSPS) is 18.9. The monoisotopic (exact) mass is 559 g/mol. The summed E-state index contributed by atoms with van der Waals surface area (Å²) in [6.45, 7) is 1.98. The maximum atomic E-state index is 14.1. The predicted octanol–water partition coefficient (Wildman–Crippen LogP) is 6.31. The van der Waals surface area contributed by atoms with E-state index in [1.54, 1.807) is 22.4 Å². The highest BCUT2D eigenvalue weighted by Gasteiger charge is 2.39. The number of nitrogens with zero attached hydrogens (tertiary/aromatic N) is 2. The average Bonchev–Trinajstić information content (AvgIpc) is 3.18. The van der Waals surface area contributed by atoms with Gasteiger partial charge >= 0.3 is 0 Å². The Morgan fingerprint density at radius 2 is 2.09 bits per heavy atom. The van der Waals surface area contributed by atoms with Crippen LogP contribution in [0.5, 0.6) is 0 Å². The Morgan fingerprint density at radius 1 is 1.26 bits per heavy atom. The molecule has 1 aromatic heterocycles. The number of fused-ring (bicyclic) bond motifs is 3. The minimum atomic E-state index is -0.515.